The Hall–Kier alpha value is -2.06. The molecular weight excluding hydrogens is 268 g/mol. The topological polar surface area (TPSA) is 47.6 Å². The zero-order chi connectivity index (χ0) is 16.5. The van der Waals surface area contributed by atoms with Gasteiger partial charge in [0.25, 0.3) is 0 Å². The highest BCUT2D eigenvalue weighted by atomic mass is 14.7. The van der Waals surface area contributed by atoms with Crippen molar-refractivity contribution in [1.82, 2.24) is 0 Å². The third kappa shape index (κ3) is 1.34. The van der Waals surface area contributed by atoms with Crippen LogP contribution in [0.4, 0.5) is 0 Å². The largest absolute Gasteiger partial charge is 0.197 e. The van der Waals surface area contributed by atoms with Crippen LogP contribution in [-0.4, -0.2) is 0 Å². The Bertz CT molecular complexity index is 741. The van der Waals surface area contributed by atoms with E-state index < -0.39 is 10.8 Å². The summed E-state index contributed by atoms with van der Waals surface area (Å²) in [6.07, 6.45) is 6.61. The van der Waals surface area contributed by atoms with Crippen LogP contribution in [0.3, 0.4) is 0 Å². The Balaban J connectivity index is 2.33. The Morgan fingerprint density at radius 3 is 2.18 bits per heavy atom. The van der Waals surface area contributed by atoms with Gasteiger partial charge in [-0.05, 0) is 43.8 Å². The van der Waals surface area contributed by atoms with Gasteiger partial charge >= 0.3 is 0 Å². The molecule has 2 nitrogen and oxygen atoms in total. The van der Waals surface area contributed by atoms with E-state index in [4.69, 9.17) is 0 Å². The maximum Gasteiger partial charge on any atom is 0.0831 e. The van der Waals surface area contributed by atoms with Crippen molar-refractivity contribution < 1.29 is 0 Å². The van der Waals surface area contributed by atoms with E-state index in [9.17, 15) is 10.5 Å². The van der Waals surface area contributed by atoms with Crippen LogP contribution < -0.4 is 0 Å². The van der Waals surface area contributed by atoms with Crippen molar-refractivity contribution in [3.8, 4) is 12.1 Å². The van der Waals surface area contributed by atoms with Crippen LogP contribution in [0, 0.1) is 56.7 Å². The van der Waals surface area contributed by atoms with Gasteiger partial charge in [-0.1, -0.05) is 43.9 Å². The van der Waals surface area contributed by atoms with Gasteiger partial charge in [-0.25, -0.2) is 0 Å². The lowest BCUT2D eigenvalue weighted by atomic mass is 9.39. The van der Waals surface area contributed by atoms with Gasteiger partial charge in [0.15, 0.2) is 0 Å². The van der Waals surface area contributed by atoms with E-state index in [-0.39, 0.29) is 23.2 Å². The lowest BCUT2D eigenvalue weighted by Gasteiger charge is -2.62. The average molecular weight is 290 g/mol. The summed E-state index contributed by atoms with van der Waals surface area (Å²) in [7, 11) is 0. The Labute approximate surface area is 133 Å². The zero-order valence-electron chi connectivity index (χ0n) is 13.8. The number of nitrogens with zero attached hydrogens (tertiary/aromatic N) is 2. The molecule has 0 aromatic rings. The fourth-order valence-electron chi connectivity index (χ4n) is 5.00. The highest BCUT2D eigenvalue weighted by molar-refractivity contribution is 5.51. The average Bonchev–Trinajstić information content (AvgIpc) is 2.51. The molecular formula is C20H22N2. The van der Waals surface area contributed by atoms with Crippen molar-refractivity contribution >= 4 is 0 Å². The van der Waals surface area contributed by atoms with E-state index in [0.29, 0.717) is 0 Å². The molecule has 0 amide bonds. The first-order chi connectivity index (χ1) is 10.2. The second kappa shape index (κ2) is 4.02. The third-order valence-corrected chi connectivity index (χ3v) is 6.72. The zero-order valence-corrected chi connectivity index (χ0v) is 13.8. The molecule has 0 aromatic carbocycles. The molecule has 0 radical (unpaired) electrons. The second-order valence-electron chi connectivity index (χ2n) is 7.65. The third-order valence-electron chi connectivity index (χ3n) is 6.72. The van der Waals surface area contributed by atoms with Crippen molar-refractivity contribution in [2.75, 3.05) is 0 Å². The number of hydrogen-bond acceptors (Lipinski definition) is 2. The Morgan fingerprint density at radius 2 is 1.64 bits per heavy atom. The monoisotopic (exact) mass is 290 g/mol. The number of allylic oxidation sites excluding steroid dienone is 6. The molecule has 4 rings (SSSR count). The predicted molar refractivity (Wildman–Crippen MR) is 87.2 cm³/mol. The normalized spacial score (nSPS) is 49.2. The maximum absolute atomic E-state index is 9.93. The van der Waals surface area contributed by atoms with E-state index in [1.165, 1.54) is 0 Å². The molecule has 6 unspecified atom stereocenters. The van der Waals surface area contributed by atoms with Gasteiger partial charge in [0.1, 0.15) is 0 Å². The Kier molecular flexibility index (Phi) is 2.72. The summed E-state index contributed by atoms with van der Waals surface area (Å²) in [5.74, 6) is 0.271. The maximum atomic E-state index is 9.93. The molecule has 2 bridgehead atoms. The molecule has 22 heavy (non-hydrogen) atoms. The molecule has 0 heterocycles. The number of fused-ring (bicyclic) bond motifs is 1. The molecule has 0 aliphatic heterocycles. The minimum absolute atomic E-state index is 0.00238. The molecule has 4 aliphatic carbocycles. The van der Waals surface area contributed by atoms with Gasteiger partial charge < -0.3 is 0 Å². The molecule has 1 fully saturated rings. The van der Waals surface area contributed by atoms with Crippen LogP contribution in [0.15, 0.2) is 48.1 Å². The minimum atomic E-state index is -0.640. The van der Waals surface area contributed by atoms with Crippen LogP contribution in [0.25, 0.3) is 0 Å². The molecule has 0 spiro atoms. The number of nitriles is 2. The standard InChI is InChI=1S/C20H22N2/c1-12-9-16-17(19(5,10-21)13(12)2)15-7-8-18(16,4)14(3)20(15,6)11-22/h7-9,15-17H,2-3H2,1,4-6H3. The van der Waals surface area contributed by atoms with Crippen LogP contribution in [0.1, 0.15) is 27.7 Å². The van der Waals surface area contributed by atoms with Crippen molar-refractivity contribution in [2.24, 2.45) is 34.0 Å². The van der Waals surface area contributed by atoms with E-state index in [1.54, 1.807) is 0 Å². The Morgan fingerprint density at radius 1 is 1.05 bits per heavy atom. The fraction of sp³-hybridized carbons (Fsp3) is 0.500. The summed E-state index contributed by atoms with van der Waals surface area (Å²) in [6.45, 7) is 16.6. The van der Waals surface area contributed by atoms with Crippen LogP contribution >= 0.6 is 0 Å². The molecule has 6 atom stereocenters. The van der Waals surface area contributed by atoms with E-state index in [0.717, 1.165) is 16.7 Å². The predicted octanol–water partition coefficient (Wildman–Crippen LogP) is 4.56. The van der Waals surface area contributed by atoms with Gasteiger partial charge in [-0.15, -0.1) is 0 Å². The summed E-state index contributed by atoms with van der Waals surface area (Å²) in [4.78, 5) is 0. The van der Waals surface area contributed by atoms with Gasteiger partial charge in [0.2, 0.25) is 0 Å². The molecule has 2 heteroatoms. The summed E-state index contributed by atoms with van der Waals surface area (Å²) in [5.41, 5.74) is 1.43. The lowest BCUT2D eigenvalue weighted by molar-refractivity contribution is 0.0148. The smallest absolute Gasteiger partial charge is 0.0831 e. The van der Waals surface area contributed by atoms with Gasteiger partial charge in [-0.3, -0.25) is 0 Å². The van der Waals surface area contributed by atoms with Crippen LogP contribution in [0.5, 0.6) is 0 Å². The van der Waals surface area contributed by atoms with E-state index in [2.05, 4.69) is 50.4 Å². The molecule has 0 saturated heterocycles. The molecule has 0 aromatic heterocycles. The van der Waals surface area contributed by atoms with Gasteiger partial charge in [-0.2, -0.15) is 10.5 Å². The SMILES string of the molecule is C=C1C(C)=CC2C(C3C=CC2(C)C(=C)C3(C)C#N)C1(C)C#N. The van der Waals surface area contributed by atoms with Gasteiger partial charge in [0, 0.05) is 11.3 Å². The van der Waals surface area contributed by atoms with Crippen LogP contribution in [-0.2, 0) is 0 Å². The van der Waals surface area contributed by atoms with E-state index >= 15 is 0 Å². The fourth-order valence-corrected chi connectivity index (χ4v) is 5.00. The van der Waals surface area contributed by atoms with Crippen molar-refractivity contribution in [2.45, 2.75) is 27.7 Å². The quantitative estimate of drug-likeness (QED) is 0.614. The molecule has 0 N–H and O–H groups in total. The summed E-state index contributed by atoms with van der Waals surface area (Å²) in [5, 5.41) is 19.8. The minimum Gasteiger partial charge on any atom is -0.197 e. The molecule has 112 valence electrons. The summed E-state index contributed by atoms with van der Waals surface area (Å²) < 4.78 is 0. The summed E-state index contributed by atoms with van der Waals surface area (Å²) in [6, 6.07) is 5.02. The molecule has 1 saturated carbocycles. The lowest BCUT2D eigenvalue weighted by Crippen LogP contribution is -2.59. The highest BCUT2D eigenvalue weighted by Gasteiger charge is 2.65. The number of rotatable bonds is 0. The first kappa shape index (κ1) is 14.9. The van der Waals surface area contributed by atoms with Crippen LogP contribution in [0.2, 0.25) is 0 Å². The van der Waals surface area contributed by atoms with Gasteiger partial charge in [0.05, 0.1) is 23.0 Å². The van der Waals surface area contributed by atoms with E-state index in [1.807, 2.05) is 20.8 Å². The highest BCUT2D eigenvalue weighted by Crippen LogP contribution is 2.69. The summed E-state index contributed by atoms with van der Waals surface area (Å²) >= 11 is 0. The van der Waals surface area contributed by atoms with Crippen molar-refractivity contribution in [3.05, 3.63) is 48.1 Å². The number of hydrogen-bond donors (Lipinski definition) is 0. The van der Waals surface area contributed by atoms with Crippen molar-refractivity contribution in [1.29, 1.82) is 10.5 Å². The molecule has 4 aliphatic rings. The first-order valence-electron chi connectivity index (χ1n) is 7.76. The second-order valence-corrected chi connectivity index (χ2v) is 7.65. The first-order valence-corrected chi connectivity index (χ1v) is 7.76. The van der Waals surface area contributed by atoms with Crippen molar-refractivity contribution in [3.63, 3.8) is 0 Å².